The molecule has 0 radical (unpaired) electrons. The van der Waals surface area contributed by atoms with Gasteiger partial charge in [0.15, 0.2) is 5.78 Å². The van der Waals surface area contributed by atoms with Gasteiger partial charge in [-0.1, -0.05) is 18.6 Å². The van der Waals surface area contributed by atoms with E-state index >= 15 is 0 Å². The number of ketones is 1. The topological polar surface area (TPSA) is 86.5 Å². The Morgan fingerprint density at radius 2 is 2.14 bits per heavy atom. The monoisotopic (exact) mass is 305 g/mol. The molecule has 0 heterocycles. The highest BCUT2D eigenvalue weighted by molar-refractivity contribution is 5.99. The van der Waals surface area contributed by atoms with E-state index in [-0.39, 0.29) is 30.4 Å². The molecular weight excluding hydrogens is 286 g/mol. The van der Waals surface area contributed by atoms with Crippen LogP contribution in [0.1, 0.15) is 44.1 Å². The number of hydrogen-bond acceptors (Lipinski definition) is 5. The van der Waals surface area contributed by atoms with E-state index in [9.17, 15) is 19.7 Å². The number of nitrogens with zero attached hydrogens (tertiary/aromatic N) is 1. The quantitative estimate of drug-likeness (QED) is 0.334. The molecule has 22 heavy (non-hydrogen) atoms. The average Bonchev–Trinajstić information content (AvgIpc) is 2.42. The summed E-state index contributed by atoms with van der Waals surface area (Å²) < 4.78 is 4.82. The number of benzene rings is 1. The average molecular weight is 305 g/mol. The lowest BCUT2D eigenvalue weighted by Gasteiger charge is -2.33. The second-order valence-corrected chi connectivity index (χ2v) is 5.47. The van der Waals surface area contributed by atoms with Crippen LogP contribution in [0.3, 0.4) is 0 Å². The second-order valence-electron chi connectivity index (χ2n) is 5.47. The molecule has 1 aliphatic carbocycles. The number of ether oxygens (including phenoxy) is 1. The molecule has 1 aliphatic rings. The van der Waals surface area contributed by atoms with Crippen molar-refractivity contribution in [2.45, 2.75) is 38.5 Å². The van der Waals surface area contributed by atoms with E-state index in [1.54, 1.807) is 19.1 Å². The van der Waals surface area contributed by atoms with Crippen LogP contribution in [-0.4, -0.2) is 23.3 Å². The van der Waals surface area contributed by atoms with E-state index in [1.165, 1.54) is 12.1 Å². The molecule has 0 bridgehead atoms. The number of non-ortho nitro benzene ring substituents is 1. The fourth-order valence-electron chi connectivity index (χ4n) is 2.79. The molecule has 2 rings (SSSR count). The summed E-state index contributed by atoms with van der Waals surface area (Å²) in [6.45, 7) is 1.92. The van der Waals surface area contributed by atoms with Gasteiger partial charge in [-0.15, -0.1) is 0 Å². The van der Waals surface area contributed by atoms with E-state index in [2.05, 4.69) is 0 Å². The van der Waals surface area contributed by atoms with Crippen LogP contribution in [0.15, 0.2) is 24.3 Å². The zero-order valence-electron chi connectivity index (χ0n) is 12.5. The van der Waals surface area contributed by atoms with Gasteiger partial charge >= 0.3 is 5.97 Å². The molecule has 1 fully saturated rings. The fraction of sp³-hybridized carbons (Fsp3) is 0.500. The highest BCUT2D eigenvalue weighted by atomic mass is 16.6. The molecule has 6 heteroatoms. The van der Waals surface area contributed by atoms with Gasteiger partial charge in [0, 0.05) is 18.1 Å². The smallest absolute Gasteiger partial charge is 0.313 e. The molecule has 0 saturated heterocycles. The number of rotatable bonds is 7. The second kappa shape index (κ2) is 7.15. The molecule has 0 aliphatic heterocycles. The standard InChI is InChI=1S/C16H19NO5/c1-2-22-15(19)10-14(18)16(11-5-3-6-11)12-7-4-8-13(9-12)17(20)21/h4,7-9,11,16H,2-3,5-6,10H2,1H3. The summed E-state index contributed by atoms with van der Waals surface area (Å²) in [5.74, 6) is -1.06. The Kier molecular flexibility index (Phi) is 5.25. The molecule has 0 amide bonds. The van der Waals surface area contributed by atoms with E-state index in [1.807, 2.05) is 0 Å². The first-order valence-electron chi connectivity index (χ1n) is 7.45. The van der Waals surface area contributed by atoms with Gasteiger partial charge in [0.05, 0.1) is 11.5 Å². The summed E-state index contributed by atoms with van der Waals surface area (Å²) in [5, 5.41) is 10.9. The molecule has 118 valence electrons. The minimum absolute atomic E-state index is 0.0363. The third-order valence-corrected chi connectivity index (χ3v) is 4.03. The van der Waals surface area contributed by atoms with Crippen molar-refractivity contribution in [3.8, 4) is 0 Å². The van der Waals surface area contributed by atoms with Gasteiger partial charge < -0.3 is 4.74 Å². The van der Waals surface area contributed by atoms with Gasteiger partial charge in [-0.05, 0) is 31.2 Å². The minimum atomic E-state index is -0.540. The number of nitro benzene ring substituents is 1. The molecule has 1 saturated carbocycles. The molecule has 1 aromatic carbocycles. The Hall–Kier alpha value is -2.24. The maximum atomic E-state index is 12.5. The first kappa shape index (κ1) is 16.1. The summed E-state index contributed by atoms with van der Waals surface area (Å²) in [4.78, 5) is 34.4. The molecule has 1 aromatic rings. The SMILES string of the molecule is CCOC(=O)CC(=O)C(c1cccc([N+](=O)[O-])c1)C1CCC1. The highest BCUT2D eigenvalue weighted by Gasteiger charge is 2.35. The van der Waals surface area contributed by atoms with E-state index in [0.29, 0.717) is 5.56 Å². The van der Waals surface area contributed by atoms with Crippen LogP contribution in [0.25, 0.3) is 0 Å². The van der Waals surface area contributed by atoms with Crippen molar-refractivity contribution in [3.63, 3.8) is 0 Å². The first-order chi connectivity index (χ1) is 10.5. The number of Topliss-reactive ketones (excluding diaryl/α,β-unsaturated/α-hetero) is 1. The van der Waals surface area contributed by atoms with Crippen molar-refractivity contribution in [1.29, 1.82) is 0 Å². The molecule has 0 N–H and O–H groups in total. The van der Waals surface area contributed by atoms with Gasteiger partial charge in [0.25, 0.3) is 5.69 Å². The van der Waals surface area contributed by atoms with Crippen molar-refractivity contribution >= 4 is 17.4 Å². The maximum Gasteiger partial charge on any atom is 0.313 e. The largest absolute Gasteiger partial charge is 0.466 e. The van der Waals surface area contributed by atoms with Crippen LogP contribution in [0.4, 0.5) is 5.69 Å². The lowest BCUT2D eigenvalue weighted by molar-refractivity contribution is -0.384. The van der Waals surface area contributed by atoms with Crippen molar-refractivity contribution in [3.05, 3.63) is 39.9 Å². The van der Waals surface area contributed by atoms with Crippen molar-refractivity contribution < 1.29 is 19.2 Å². The third kappa shape index (κ3) is 3.69. The summed E-state index contributed by atoms with van der Waals surface area (Å²) in [6, 6.07) is 6.14. The van der Waals surface area contributed by atoms with Gasteiger partial charge in [-0.3, -0.25) is 19.7 Å². The van der Waals surface area contributed by atoms with Crippen LogP contribution in [0.5, 0.6) is 0 Å². The molecule has 1 atom stereocenters. The Bertz CT molecular complexity index is 580. The van der Waals surface area contributed by atoms with Gasteiger partial charge in [-0.25, -0.2) is 0 Å². The van der Waals surface area contributed by atoms with Crippen LogP contribution < -0.4 is 0 Å². The first-order valence-corrected chi connectivity index (χ1v) is 7.45. The highest BCUT2D eigenvalue weighted by Crippen LogP contribution is 2.41. The van der Waals surface area contributed by atoms with Gasteiger partial charge in [0.1, 0.15) is 6.42 Å². The normalized spacial score (nSPS) is 15.7. The number of esters is 1. The Labute approximate surface area is 128 Å². The Morgan fingerprint density at radius 3 is 2.68 bits per heavy atom. The van der Waals surface area contributed by atoms with Crippen LogP contribution >= 0.6 is 0 Å². The third-order valence-electron chi connectivity index (χ3n) is 4.03. The fourth-order valence-corrected chi connectivity index (χ4v) is 2.79. The molecule has 6 nitrogen and oxygen atoms in total. The van der Waals surface area contributed by atoms with E-state index in [4.69, 9.17) is 4.74 Å². The Balaban J connectivity index is 2.22. The maximum absolute atomic E-state index is 12.5. The Morgan fingerprint density at radius 1 is 1.41 bits per heavy atom. The molecular formula is C16H19NO5. The molecule has 0 aromatic heterocycles. The summed E-state index contributed by atoms with van der Waals surface area (Å²) in [5.41, 5.74) is 0.582. The van der Waals surface area contributed by atoms with E-state index < -0.39 is 16.8 Å². The van der Waals surface area contributed by atoms with Crippen molar-refractivity contribution in [2.75, 3.05) is 6.61 Å². The molecule has 0 spiro atoms. The van der Waals surface area contributed by atoms with Crippen molar-refractivity contribution in [2.24, 2.45) is 5.92 Å². The van der Waals surface area contributed by atoms with Crippen molar-refractivity contribution in [1.82, 2.24) is 0 Å². The van der Waals surface area contributed by atoms with Crippen LogP contribution in [0.2, 0.25) is 0 Å². The number of hydrogen-bond donors (Lipinski definition) is 0. The predicted molar refractivity (Wildman–Crippen MR) is 79.4 cm³/mol. The van der Waals surface area contributed by atoms with Crippen LogP contribution in [-0.2, 0) is 14.3 Å². The van der Waals surface area contributed by atoms with Gasteiger partial charge in [-0.2, -0.15) is 0 Å². The minimum Gasteiger partial charge on any atom is -0.466 e. The zero-order chi connectivity index (χ0) is 16.1. The summed E-state index contributed by atoms with van der Waals surface area (Å²) in [7, 11) is 0. The van der Waals surface area contributed by atoms with E-state index in [0.717, 1.165) is 19.3 Å². The number of carbonyl (C=O) groups excluding carboxylic acids is 2. The lowest BCUT2D eigenvalue weighted by atomic mass is 9.70. The number of nitro groups is 1. The summed E-state index contributed by atoms with van der Waals surface area (Å²) in [6.07, 6.45) is 2.57. The number of carbonyl (C=O) groups is 2. The predicted octanol–water partition coefficient (Wildman–Crippen LogP) is 3.00. The zero-order valence-corrected chi connectivity index (χ0v) is 12.5. The summed E-state index contributed by atoms with van der Waals surface area (Å²) >= 11 is 0. The van der Waals surface area contributed by atoms with Gasteiger partial charge in [0.2, 0.25) is 0 Å². The molecule has 1 unspecified atom stereocenters. The lowest BCUT2D eigenvalue weighted by Crippen LogP contribution is -2.29. The van der Waals surface area contributed by atoms with Crippen LogP contribution in [0, 0.1) is 16.0 Å².